The zero-order chi connectivity index (χ0) is 11.6. The summed E-state index contributed by atoms with van der Waals surface area (Å²) in [5, 5.41) is 0. The predicted molar refractivity (Wildman–Crippen MR) is 48.7 cm³/mol. The standard InChI is InChI=1S/C10H11F4N/c1-6-2-3-7(4-8(6)11)9(15)5-10(12,13)14/h2-4,9H,5,15H2,1H3/t9-/m0/s1. The van der Waals surface area contributed by atoms with Gasteiger partial charge in [0.05, 0.1) is 6.42 Å². The molecule has 0 aliphatic heterocycles. The Morgan fingerprint density at radius 1 is 1.33 bits per heavy atom. The van der Waals surface area contributed by atoms with Gasteiger partial charge in [0.15, 0.2) is 0 Å². The molecule has 0 radical (unpaired) electrons. The van der Waals surface area contributed by atoms with Crippen molar-refractivity contribution in [2.24, 2.45) is 5.73 Å². The highest BCUT2D eigenvalue weighted by atomic mass is 19.4. The summed E-state index contributed by atoms with van der Waals surface area (Å²) < 4.78 is 49.0. The summed E-state index contributed by atoms with van der Waals surface area (Å²) in [6.07, 6.45) is -5.48. The van der Waals surface area contributed by atoms with Crippen LogP contribution in [0.15, 0.2) is 18.2 Å². The van der Waals surface area contributed by atoms with E-state index in [1.807, 2.05) is 0 Å². The van der Waals surface area contributed by atoms with Gasteiger partial charge in [0.2, 0.25) is 0 Å². The first kappa shape index (κ1) is 12.0. The zero-order valence-corrected chi connectivity index (χ0v) is 8.11. The molecule has 0 aliphatic carbocycles. The van der Waals surface area contributed by atoms with Gasteiger partial charge in [0, 0.05) is 6.04 Å². The Balaban J connectivity index is 2.83. The van der Waals surface area contributed by atoms with Gasteiger partial charge in [0.1, 0.15) is 5.82 Å². The fraction of sp³-hybridized carbons (Fsp3) is 0.400. The predicted octanol–water partition coefficient (Wildman–Crippen LogP) is 3.09. The number of halogens is 4. The molecule has 1 rings (SSSR count). The number of aryl methyl sites for hydroxylation is 1. The van der Waals surface area contributed by atoms with Crippen LogP contribution in [-0.2, 0) is 0 Å². The molecule has 84 valence electrons. The van der Waals surface area contributed by atoms with Crippen molar-refractivity contribution in [1.82, 2.24) is 0 Å². The van der Waals surface area contributed by atoms with Crippen LogP contribution in [-0.4, -0.2) is 6.18 Å². The Labute approximate surface area is 84.9 Å². The van der Waals surface area contributed by atoms with Gasteiger partial charge in [-0.05, 0) is 24.1 Å². The summed E-state index contributed by atoms with van der Waals surface area (Å²) in [6, 6.07) is 2.67. The van der Waals surface area contributed by atoms with E-state index >= 15 is 0 Å². The Morgan fingerprint density at radius 2 is 1.93 bits per heavy atom. The van der Waals surface area contributed by atoms with Gasteiger partial charge in [-0.25, -0.2) is 4.39 Å². The van der Waals surface area contributed by atoms with Crippen molar-refractivity contribution < 1.29 is 17.6 Å². The highest BCUT2D eigenvalue weighted by Gasteiger charge is 2.31. The number of rotatable bonds is 2. The summed E-state index contributed by atoms with van der Waals surface area (Å²) in [5.41, 5.74) is 5.86. The SMILES string of the molecule is Cc1ccc([C@@H](N)CC(F)(F)F)cc1F. The molecule has 0 aliphatic rings. The molecule has 0 heterocycles. The van der Waals surface area contributed by atoms with Crippen LogP contribution in [0.4, 0.5) is 17.6 Å². The topological polar surface area (TPSA) is 26.0 Å². The molecule has 0 saturated heterocycles. The minimum Gasteiger partial charge on any atom is -0.324 e. The largest absolute Gasteiger partial charge is 0.390 e. The van der Waals surface area contributed by atoms with E-state index in [9.17, 15) is 17.6 Å². The summed E-state index contributed by atoms with van der Waals surface area (Å²) in [6.45, 7) is 1.54. The Morgan fingerprint density at radius 3 is 2.40 bits per heavy atom. The van der Waals surface area contributed by atoms with E-state index in [1.165, 1.54) is 19.1 Å². The maximum absolute atomic E-state index is 13.0. The Bertz CT molecular complexity index is 346. The molecule has 1 atom stereocenters. The summed E-state index contributed by atoms with van der Waals surface area (Å²) in [4.78, 5) is 0. The van der Waals surface area contributed by atoms with Crippen LogP contribution >= 0.6 is 0 Å². The van der Waals surface area contributed by atoms with Gasteiger partial charge in [-0.15, -0.1) is 0 Å². The van der Waals surface area contributed by atoms with E-state index in [0.29, 0.717) is 5.56 Å². The molecule has 1 nitrogen and oxygen atoms in total. The van der Waals surface area contributed by atoms with Crippen LogP contribution in [0.3, 0.4) is 0 Å². The molecule has 0 aromatic heterocycles. The van der Waals surface area contributed by atoms with Crippen molar-refractivity contribution in [1.29, 1.82) is 0 Å². The van der Waals surface area contributed by atoms with E-state index < -0.39 is 24.5 Å². The molecule has 15 heavy (non-hydrogen) atoms. The number of nitrogens with two attached hydrogens (primary N) is 1. The van der Waals surface area contributed by atoms with Crippen LogP contribution in [0.5, 0.6) is 0 Å². The van der Waals surface area contributed by atoms with Gasteiger partial charge < -0.3 is 5.73 Å². The quantitative estimate of drug-likeness (QED) is 0.763. The molecule has 0 bridgehead atoms. The number of alkyl halides is 3. The van der Waals surface area contributed by atoms with Gasteiger partial charge in [-0.3, -0.25) is 0 Å². The van der Waals surface area contributed by atoms with Gasteiger partial charge in [-0.1, -0.05) is 12.1 Å². The van der Waals surface area contributed by atoms with Crippen molar-refractivity contribution in [3.8, 4) is 0 Å². The monoisotopic (exact) mass is 221 g/mol. The van der Waals surface area contributed by atoms with E-state index in [0.717, 1.165) is 6.07 Å². The zero-order valence-electron chi connectivity index (χ0n) is 8.11. The lowest BCUT2D eigenvalue weighted by Gasteiger charge is -2.14. The fourth-order valence-corrected chi connectivity index (χ4v) is 1.21. The highest BCUT2D eigenvalue weighted by molar-refractivity contribution is 5.25. The first-order valence-corrected chi connectivity index (χ1v) is 4.38. The van der Waals surface area contributed by atoms with Crippen molar-refractivity contribution in [3.05, 3.63) is 35.1 Å². The normalized spacial score (nSPS) is 14.0. The molecule has 2 N–H and O–H groups in total. The van der Waals surface area contributed by atoms with Gasteiger partial charge in [-0.2, -0.15) is 13.2 Å². The molecular formula is C10H11F4N. The molecule has 0 unspecified atom stereocenters. The first-order valence-electron chi connectivity index (χ1n) is 4.38. The van der Waals surface area contributed by atoms with Crippen molar-refractivity contribution >= 4 is 0 Å². The lowest BCUT2D eigenvalue weighted by Crippen LogP contribution is -2.20. The Kier molecular flexibility index (Phi) is 3.34. The van der Waals surface area contributed by atoms with Crippen LogP contribution in [0.1, 0.15) is 23.6 Å². The van der Waals surface area contributed by atoms with E-state index in [2.05, 4.69) is 0 Å². The molecule has 1 aromatic carbocycles. The maximum Gasteiger partial charge on any atom is 0.390 e. The van der Waals surface area contributed by atoms with Crippen molar-refractivity contribution in [2.45, 2.75) is 25.6 Å². The summed E-state index contributed by atoms with van der Waals surface area (Å²) in [5.74, 6) is -0.537. The average molecular weight is 221 g/mol. The lowest BCUT2D eigenvalue weighted by atomic mass is 10.0. The number of hydrogen-bond acceptors (Lipinski definition) is 1. The average Bonchev–Trinajstić information content (AvgIpc) is 2.06. The van der Waals surface area contributed by atoms with Crippen LogP contribution < -0.4 is 5.73 Å². The fourth-order valence-electron chi connectivity index (χ4n) is 1.21. The Hall–Kier alpha value is -1.10. The molecule has 5 heteroatoms. The van der Waals surface area contributed by atoms with E-state index in [1.54, 1.807) is 0 Å². The van der Waals surface area contributed by atoms with E-state index in [-0.39, 0.29) is 5.56 Å². The minimum absolute atomic E-state index is 0.162. The molecule has 0 spiro atoms. The minimum atomic E-state index is -4.33. The van der Waals surface area contributed by atoms with Crippen LogP contribution in [0.2, 0.25) is 0 Å². The first-order chi connectivity index (χ1) is 6.79. The molecule has 0 saturated carbocycles. The van der Waals surface area contributed by atoms with Gasteiger partial charge in [0.25, 0.3) is 0 Å². The van der Waals surface area contributed by atoms with E-state index in [4.69, 9.17) is 5.73 Å². The van der Waals surface area contributed by atoms with Crippen LogP contribution in [0, 0.1) is 12.7 Å². The van der Waals surface area contributed by atoms with Crippen LogP contribution in [0.25, 0.3) is 0 Å². The highest BCUT2D eigenvalue weighted by Crippen LogP contribution is 2.28. The summed E-state index contributed by atoms with van der Waals surface area (Å²) >= 11 is 0. The number of hydrogen-bond donors (Lipinski definition) is 1. The van der Waals surface area contributed by atoms with Gasteiger partial charge >= 0.3 is 6.18 Å². The van der Waals surface area contributed by atoms with Crippen molar-refractivity contribution in [3.63, 3.8) is 0 Å². The summed E-state index contributed by atoms with van der Waals surface area (Å²) in [7, 11) is 0. The van der Waals surface area contributed by atoms with Crippen molar-refractivity contribution in [2.75, 3.05) is 0 Å². The second kappa shape index (κ2) is 4.18. The third-order valence-corrected chi connectivity index (χ3v) is 2.08. The molecular weight excluding hydrogens is 210 g/mol. The third-order valence-electron chi connectivity index (χ3n) is 2.08. The molecule has 0 fully saturated rings. The smallest absolute Gasteiger partial charge is 0.324 e. The number of benzene rings is 1. The lowest BCUT2D eigenvalue weighted by molar-refractivity contribution is -0.138. The third kappa shape index (κ3) is 3.51. The maximum atomic E-state index is 13.0. The second-order valence-electron chi connectivity index (χ2n) is 3.43. The molecule has 0 amide bonds. The molecule has 1 aromatic rings. The second-order valence-corrected chi connectivity index (χ2v) is 3.43.